The smallest absolute Gasteiger partial charge is 0.407 e. The van der Waals surface area contributed by atoms with Gasteiger partial charge < -0.3 is 25.1 Å². The SMILES string of the molecule is Cc1cc(NC(=O)Nc2cccc(CNC(=O)OC(C)(C)C)c2)ccc1-c1cnco1. The molecule has 1 heterocycles. The first-order chi connectivity index (χ1) is 14.7. The summed E-state index contributed by atoms with van der Waals surface area (Å²) in [6, 6.07) is 12.4. The van der Waals surface area contributed by atoms with E-state index in [1.165, 1.54) is 6.39 Å². The van der Waals surface area contributed by atoms with E-state index in [4.69, 9.17) is 9.15 Å². The summed E-state index contributed by atoms with van der Waals surface area (Å²) in [5, 5.41) is 8.31. The highest BCUT2D eigenvalue weighted by Gasteiger charge is 2.15. The van der Waals surface area contributed by atoms with Crippen molar-refractivity contribution in [3.05, 3.63) is 66.2 Å². The minimum absolute atomic E-state index is 0.286. The van der Waals surface area contributed by atoms with Crippen LogP contribution in [0.2, 0.25) is 0 Å². The second-order valence-corrected chi connectivity index (χ2v) is 8.03. The topological polar surface area (TPSA) is 105 Å². The summed E-state index contributed by atoms with van der Waals surface area (Å²) < 4.78 is 10.5. The lowest BCUT2D eigenvalue weighted by Gasteiger charge is -2.19. The highest BCUT2D eigenvalue weighted by molar-refractivity contribution is 6.00. The molecule has 0 bridgehead atoms. The molecule has 0 aliphatic rings. The molecule has 0 aliphatic carbocycles. The second kappa shape index (κ2) is 9.34. The molecule has 2 aromatic carbocycles. The van der Waals surface area contributed by atoms with Crippen LogP contribution in [0.3, 0.4) is 0 Å². The van der Waals surface area contributed by atoms with Gasteiger partial charge in [0.05, 0.1) is 6.20 Å². The third-order valence-corrected chi connectivity index (χ3v) is 4.20. The van der Waals surface area contributed by atoms with Crippen LogP contribution < -0.4 is 16.0 Å². The van der Waals surface area contributed by atoms with E-state index in [-0.39, 0.29) is 12.6 Å². The number of carbonyl (C=O) groups is 2. The van der Waals surface area contributed by atoms with Crippen LogP contribution in [0.25, 0.3) is 11.3 Å². The Hall–Kier alpha value is -3.81. The number of benzene rings is 2. The summed E-state index contributed by atoms with van der Waals surface area (Å²) in [6.07, 6.45) is 2.53. The zero-order chi connectivity index (χ0) is 22.4. The van der Waals surface area contributed by atoms with Crippen molar-refractivity contribution in [1.29, 1.82) is 0 Å². The van der Waals surface area contributed by atoms with Crippen LogP contribution in [-0.4, -0.2) is 22.7 Å². The summed E-state index contributed by atoms with van der Waals surface area (Å²) >= 11 is 0. The molecule has 0 fully saturated rings. The first-order valence-electron chi connectivity index (χ1n) is 9.83. The summed E-state index contributed by atoms with van der Waals surface area (Å²) in [5.74, 6) is 0.672. The van der Waals surface area contributed by atoms with Crippen molar-refractivity contribution < 1.29 is 18.7 Å². The molecule has 0 saturated heterocycles. The Morgan fingerprint density at radius 1 is 1.06 bits per heavy atom. The van der Waals surface area contributed by atoms with E-state index < -0.39 is 11.7 Å². The van der Waals surface area contributed by atoms with Gasteiger partial charge in [-0.2, -0.15) is 0 Å². The van der Waals surface area contributed by atoms with E-state index in [1.54, 1.807) is 51.2 Å². The first-order valence-corrected chi connectivity index (χ1v) is 9.83. The maximum absolute atomic E-state index is 12.4. The number of carbonyl (C=O) groups excluding carboxylic acids is 2. The molecular weight excluding hydrogens is 396 g/mol. The van der Waals surface area contributed by atoms with Gasteiger partial charge in [0.1, 0.15) is 5.60 Å². The number of aromatic nitrogens is 1. The lowest BCUT2D eigenvalue weighted by Crippen LogP contribution is -2.32. The standard InChI is InChI=1S/C23H26N4O4/c1-15-10-18(8-9-19(15)20-13-24-14-30-20)27-21(28)26-17-7-5-6-16(11-17)12-25-22(29)31-23(2,3)4/h5-11,13-14H,12H2,1-4H3,(H,25,29)(H2,26,27,28). The molecule has 0 spiro atoms. The summed E-state index contributed by atoms with van der Waals surface area (Å²) in [5.41, 5.74) is 3.39. The number of urea groups is 1. The number of amides is 3. The number of rotatable bonds is 5. The number of alkyl carbamates (subject to hydrolysis) is 1. The molecular formula is C23H26N4O4. The highest BCUT2D eigenvalue weighted by atomic mass is 16.6. The third-order valence-electron chi connectivity index (χ3n) is 4.20. The molecule has 3 amide bonds. The Kier molecular flexibility index (Phi) is 6.59. The van der Waals surface area contributed by atoms with Crippen LogP contribution in [0.15, 0.2) is 59.5 Å². The number of oxazole rings is 1. The maximum Gasteiger partial charge on any atom is 0.407 e. The fourth-order valence-corrected chi connectivity index (χ4v) is 2.91. The van der Waals surface area contributed by atoms with Gasteiger partial charge in [-0.3, -0.25) is 0 Å². The van der Waals surface area contributed by atoms with Crippen LogP contribution in [-0.2, 0) is 11.3 Å². The number of hydrogen-bond acceptors (Lipinski definition) is 5. The first kappa shape index (κ1) is 21.9. The molecule has 0 unspecified atom stereocenters. The van der Waals surface area contributed by atoms with Crippen LogP contribution >= 0.6 is 0 Å². The minimum Gasteiger partial charge on any atom is -0.444 e. The molecule has 1 aromatic heterocycles. The number of ether oxygens (including phenoxy) is 1. The van der Waals surface area contributed by atoms with Gasteiger partial charge in [0, 0.05) is 23.5 Å². The molecule has 8 heteroatoms. The van der Waals surface area contributed by atoms with E-state index >= 15 is 0 Å². The van der Waals surface area contributed by atoms with Crippen LogP contribution in [0.1, 0.15) is 31.9 Å². The van der Waals surface area contributed by atoms with Crippen molar-refractivity contribution >= 4 is 23.5 Å². The number of anilines is 2. The zero-order valence-corrected chi connectivity index (χ0v) is 18.0. The van der Waals surface area contributed by atoms with Crippen LogP contribution in [0.4, 0.5) is 21.0 Å². The maximum atomic E-state index is 12.4. The molecule has 31 heavy (non-hydrogen) atoms. The van der Waals surface area contributed by atoms with E-state index in [2.05, 4.69) is 20.9 Å². The molecule has 0 saturated carbocycles. The molecule has 0 aliphatic heterocycles. The normalized spacial score (nSPS) is 11.0. The number of nitrogens with zero attached hydrogens (tertiary/aromatic N) is 1. The minimum atomic E-state index is -0.559. The molecule has 162 valence electrons. The van der Waals surface area contributed by atoms with Gasteiger partial charge in [-0.25, -0.2) is 14.6 Å². The van der Waals surface area contributed by atoms with E-state index in [1.807, 2.05) is 25.1 Å². The van der Waals surface area contributed by atoms with Gasteiger partial charge in [0.2, 0.25) is 0 Å². The summed E-state index contributed by atoms with van der Waals surface area (Å²) in [7, 11) is 0. The van der Waals surface area contributed by atoms with Crippen molar-refractivity contribution in [2.24, 2.45) is 0 Å². The van der Waals surface area contributed by atoms with Crippen molar-refractivity contribution in [1.82, 2.24) is 10.3 Å². The number of aryl methyl sites for hydroxylation is 1. The quantitative estimate of drug-likeness (QED) is 0.516. The predicted molar refractivity (Wildman–Crippen MR) is 119 cm³/mol. The van der Waals surface area contributed by atoms with Gasteiger partial charge in [0.15, 0.2) is 12.2 Å². The molecule has 3 aromatic rings. The fraction of sp³-hybridized carbons (Fsp3) is 0.261. The Bertz CT molecular complexity index is 1060. The van der Waals surface area contributed by atoms with E-state index in [0.29, 0.717) is 17.1 Å². The fourth-order valence-electron chi connectivity index (χ4n) is 2.91. The Balaban J connectivity index is 1.56. The monoisotopic (exact) mass is 422 g/mol. The van der Waals surface area contributed by atoms with Gasteiger partial charge in [-0.05, 0) is 69.2 Å². The summed E-state index contributed by atoms with van der Waals surface area (Å²) in [6.45, 7) is 7.63. The van der Waals surface area contributed by atoms with E-state index in [9.17, 15) is 9.59 Å². The summed E-state index contributed by atoms with van der Waals surface area (Å²) in [4.78, 5) is 28.1. The van der Waals surface area contributed by atoms with Crippen molar-refractivity contribution in [3.8, 4) is 11.3 Å². The Morgan fingerprint density at radius 2 is 1.81 bits per heavy atom. The second-order valence-electron chi connectivity index (χ2n) is 8.03. The van der Waals surface area contributed by atoms with Gasteiger partial charge >= 0.3 is 12.1 Å². The number of nitrogens with one attached hydrogen (secondary N) is 3. The van der Waals surface area contributed by atoms with Crippen molar-refractivity contribution in [3.63, 3.8) is 0 Å². The molecule has 0 radical (unpaired) electrons. The lowest BCUT2D eigenvalue weighted by molar-refractivity contribution is 0.0523. The third kappa shape index (κ3) is 6.60. The largest absolute Gasteiger partial charge is 0.444 e. The van der Waals surface area contributed by atoms with Crippen LogP contribution in [0.5, 0.6) is 0 Å². The van der Waals surface area contributed by atoms with Gasteiger partial charge in [-0.15, -0.1) is 0 Å². The van der Waals surface area contributed by atoms with Gasteiger partial charge in [0.25, 0.3) is 0 Å². The highest BCUT2D eigenvalue weighted by Crippen LogP contribution is 2.25. The van der Waals surface area contributed by atoms with Crippen molar-refractivity contribution in [2.45, 2.75) is 39.8 Å². The van der Waals surface area contributed by atoms with Crippen LogP contribution in [0, 0.1) is 6.92 Å². The van der Waals surface area contributed by atoms with Gasteiger partial charge in [-0.1, -0.05) is 12.1 Å². The number of hydrogen-bond donors (Lipinski definition) is 3. The Labute approximate surface area is 181 Å². The molecule has 8 nitrogen and oxygen atoms in total. The average Bonchev–Trinajstić information content (AvgIpc) is 3.20. The zero-order valence-electron chi connectivity index (χ0n) is 18.0. The predicted octanol–water partition coefficient (Wildman–Crippen LogP) is 5.32. The van der Waals surface area contributed by atoms with Crippen molar-refractivity contribution in [2.75, 3.05) is 10.6 Å². The average molecular weight is 422 g/mol. The molecule has 3 rings (SSSR count). The van der Waals surface area contributed by atoms with E-state index in [0.717, 1.165) is 16.7 Å². The molecule has 3 N–H and O–H groups in total. The lowest BCUT2D eigenvalue weighted by atomic mass is 10.1. The Morgan fingerprint density at radius 3 is 2.45 bits per heavy atom. The molecule has 0 atom stereocenters.